The Balaban J connectivity index is 3.04. The summed E-state index contributed by atoms with van der Waals surface area (Å²) in [7, 11) is -3.57. The molecule has 6 heteroatoms. The van der Waals surface area contributed by atoms with Gasteiger partial charge < -0.3 is 5.73 Å². The molecule has 0 saturated carbocycles. The average Bonchev–Trinajstić information content (AvgIpc) is 2.19. The van der Waals surface area contributed by atoms with E-state index < -0.39 is 10.0 Å². The fraction of sp³-hybridized carbons (Fsp3) is 0.500. The molecule has 1 atom stereocenters. The highest BCUT2D eigenvalue weighted by Gasteiger charge is 2.26. The van der Waals surface area contributed by atoms with Gasteiger partial charge >= 0.3 is 0 Å². The molecule has 0 saturated heterocycles. The molecule has 4 nitrogen and oxygen atoms in total. The number of nitrogens with two attached hydrogens (primary N) is 1. The molecule has 0 bridgehead atoms. The van der Waals surface area contributed by atoms with Gasteiger partial charge in [0.05, 0.1) is 15.6 Å². The molecule has 102 valence electrons. The van der Waals surface area contributed by atoms with Gasteiger partial charge in [-0.15, -0.1) is 0 Å². The van der Waals surface area contributed by atoms with Gasteiger partial charge in [-0.05, 0) is 30.5 Å². The zero-order valence-corrected chi connectivity index (χ0v) is 12.6. The Morgan fingerprint density at radius 3 is 2.33 bits per heavy atom. The van der Waals surface area contributed by atoms with Crippen LogP contribution in [0.2, 0.25) is 5.02 Å². The molecule has 0 spiro atoms. The SMILES string of the molecule is CC(NS(=O)(=O)c1ccc(Cl)c(N)c1)C(C)(C)C. The zero-order chi connectivity index (χ0) is 14.1. The molecule has 0 fully saturated rings. The van der Waals surface area contributed by atoms with Gasteiger partial charge in [-0.3, -0.25) is 0 Å². The fourth-order valence-corrected chi connectivity index (χ4v) is 2.77. The minimum absolute atomic E-state index is 0.125. The van der Waals surface area contributed by atoms with Crippen molar-refractivity contribution < 1.29 is 8.42 Å². The van der Waals surface area contributed by atoms with Crippen molar-refractivity contribution in [2.75, 3.05) is 5.73 Å². The summed E-state index contributed by atoms with van der Waals surface area (Å²) in [4.78, 5) is 0.125. The van der Waals surface area contributed by atoms with E-state index in [0.29, 0.717) is 5.02 Å². The van der Waals surface area contributed by atoms with Crippen molar-refractivity contribution >= 4 is 27.3 Å². The van der Waals surface area contributed by atoms with E-state index in [1.807, 2.05) is 27.7 Å². The highest BCUT2D eigenvalue weighted by molar-refractivity contribution is 7.89. The summed E-state index contributed by atoms with van der Waals surface area (Å²) in [5.74, 6) is 0. The van der Waals surface area contributed by atoms with Crippen LogP contribution in [0.25, 0.3) is 0 Å². The lowest BCUT2D eigenvalue weighted by Crippen LogP contribution is -2.41. The van der Waals surface area contributed by atoms with Crippen LogP contribution in [0.4, 0.5) is 5.69 Å². The lowest BCUT2D eigenvalue weighted by molar-refractivity contribution is 0.317. The summed E-state index contributed by atoms with van der Waals surface area (Å²) >= 11 is 5.77. The molecule has 0 heterocycles. The number of halogens is 1. The Morgan fingerprint density at radius 2 is 1.89 bits per heavy atom. The molecule has 3 N–H and O–H groups in total. The van der Waals surface area contributed by atoms with Gasteiger partial charge in [0, 0.05) is 6.04 Å². The normalized spacial score (nSPS) is 14.5. The number of hydrogen-bond acceptors (Lipinski definition) is 3. The molecular weight excluding hydrogens is 272 g/mol. The first-order chi connectivity index (χ1) is 8.04. The number of nitrogens with one attached hydrogen (secondary N) is 1. The Hall–Kier alpha value is -0.780. The second-order valence-electron chi connectivity index (χ2n) is 5.39. The van der Waals surface area contributed by atoms with Gasteiger partial charge in [0.1, 0.15) is 0 Å². The standard InChI is InChI=1S/C12H19ClN2O2S/c1-8(12(2,3)4)15-18(16,17)9-5-6-10(13)11(14)7-9/h5-8,15H,14H2,1-4H3. The molecule has 0 aromatic heterocycles. The second-order valence-corrected chi connectivity index (χ2v) is 7.51. The highest BCUT2D eigenvalue weighted by atomic mass is 35.5. The summed E-state index contributed by atoms with van der Waals surface area (Å²) in [5, 5.41) is 0.345. The zero-order valence-electron chi connectivity index (χ0n) is 11.0. The summed E-state index contributed by atoms with van der Waals surface area (Å²) in [6.45, 7) is 7.74. The molecule has 18 heavy (non-hydrogen) atoms. The van der Waals surface area contributed by atoms with E-state index in [0.717, 1.165) is 0 Å². The number of anilines is 1. The topological polar surface area (TPSA) is 72.2 Å². The van der Waals surface area contributed by atoms with Crippen LogP contribution in [0, 0.1) is 5.41 Å². The van der Waals surface area contributed by atoms with Crippen LogP contribution in [0.15, 0.2) is 23.1 Å². The van der Waals surface area contributed by atoms with Crippen LogP contribution in [-0.4, -0.2) is 14.5 Å². The first-order valence-electron chi connectivity index (χ1n) is 5.61. The van der Waals surface area contributed by atoms with Crippen molar-refractivity contribution in [3.05, 3.63) is 23.2 Å². The minimum Gasteiger partial charge on any atom is -0.397 e. The molecule has 1 aromatic rings. The lowest BCUT2D eigenvalue weighted by atomic mass is 9.89. The molecule has 1 aromatic carbocycles. The van der Waals surface area contributed by atoms with Crippen LogP contribution >= 0.6 is 11.6 Å². The van der Waals surface area contributed by atoms with Gasteiger partial charge in [-0.1, -0.05) is 32.4 Å². The van der Waals surface area contributed by atoms with Crippen LogP contribution in [0.5, 0.6) is 0 Å². The van der Waals surface area contributed by atoms with Gasteiger partial charge in [0.2, 0.25) is 10.0 Å². The largest absolute Gasteiger partial charge is 0.397 e. The van der Waals surface area contributed by atoms with Gasteiger partial charge in [0.25, 0.3) is 0 Å². The van der Waals surface area contributed by atoms with E-state index in [1.54, 1.807) is 0 Å². The van der Waals surface area contributed by atoms with Gasteiger partial charge in [0.15, 0.2) is 0 Å². The van der Waals surface area contributed by atoms with Crippen molar-refractivity contribution in [1.82, 2.24) is 4.72 Å². The van der Waals surface area contributed by atoms with Crippen LogP contribution in [-0.2, 0) is 10.0 Å². The van der Waals surface area contributed by atoms with E-state index in [4.69, 9.17) is 17.3 Å². The summed E-state index contributed by atoms with van der Waals surface area (Å²) < 4.78 is 26.9. The summed E-state index contributed by atoms with van der Waals surface area (Å²) in [6, 6.07) is 4.09. The van der Waals surface area contributed by atoms with E-state index in [1.165, 1.54) is 18.2 Å². The van der Waals surface area contributed by atoms with E-state index in [9.17, 15) is 8.42 Å². The predicted octanol–water partition coefficient (Wildman–Crippen LogP) is 2.64. The quantitative estimate of drug-likeness (QED) is 0.841. The van der Waals surface area contributed by atoms with Crippen LogP contribution in [0.3, 0.4) is 0 Å². The molecule has 1 unspecified atom stereocenters. The molecule has 0 aliphatic rings. The summed E-state index contributed by atoms with van der Waals surface area (Å²) in [5.41, 5.74) is 5.70. The first kappa shape index (κ1) is 15.3. The van der Waals surface area contributed by atoms with Crippen molar-refractivity contribution in [3.63, 3.8) is 0 Å². The average molecular weight is 291 g/mol. The Labute approximate surface area is 114 Å². The Bertz CT molecular complexity index is 535. The fourth-order valence-electron chi connectivity index (χ4n) is 1.17. The van der Waals surface area contributed by atoms with E-state index in [2.05, 4.69) is 4.72 Å². The van der Waals surface area contributed by atoms with Crippen LogP contribution in [0.1, 0.15) is 27.7 Å². The van der Waals surface area contributed by atoms with Crippen molar-refractivity contribution in [2.45, 2.75) is 38.6 Å². The van der Waals surface area contributed by atoms with E-state index >= 15 is 0 Å². The summed E-state index contributed by atoms with van der Waals surface area (Å²) in [6.07, 6.45) is 0. The Kier molecular flexibility index (Phi) is 4.30. The first-order valence-corrected chi connectivity index (χ1v) is 7.47. The smallest absolute Gasteiger partial charge is 0.240 e. The molecule has 0 aliphatic carbocycles. The predicted molar refractivity (Wildman–Crippen MR) is 75.1 cm³/mol. The third-order valence-corrected chi connectivity index (χ3v) is 4.79. The monoisotopic (exact) mass is 290 g/mol. The maximum Gasteiger partial charge on any atom is 0.240 e. The second kappa shape index (κ2) is 5.07. The van der Waals surface area contributed by atoms with Crippen molar-refractivity contribution in [1.29, 1.82) is 0 Å². The number of nitrogen functional groups attached to an aromatic ring is 1. The van der Waals surface area contributed by atoms with E-state index in [-0.39, 0.29) is 22.0 Å². The highest BCUT2D eigenvalue weighted by Crippen LogP contribution is 2.24. The lowest BCUT2D eigenvalue weighted by Gasteiger charge is -2.27. The van der Waals surface area contributed by atoms with Gasteiger partial charge in [-0.2, -0.15) is 0 Å². The number of hydrogen-bond donors (Lipinski definition) is 2. The maximum atomic E-state index is 12.1. The molecule has 0 radical (unpaired) electrons. The van der Waals surface area contributed by atoms with Crippen molar-refractivity contribution in [2.24, 2.45) is 5.41 Å². The number of benzene rings is 1. The molecule has 0 aliphatic heterocycles. The molecular formula is C12H19ClN2O2S. The number of rotatable bonds is 3. The molecule has 1 rings (SSSR count). The third kappa shape index (κ3) is 3.60. The maximum absolute atomic E-state index is 12.1. The van der Waals surface area contributed by atoms with Crippen LogP contribution < -0.4 is 10.5 Å². The third-order valence-electron chi connectivity index (χ3n) is 2.91. The van der Waals surface area contributed by atoms with Crippen molar-refractivity contribution in [3.8, 4) is 0 Å². The van der Waals surface area contributed by atoms with Gasteiger partial charge in [-0.25, -0.2) is 13.1 Å². The number of sulfonamides is 1. The Morgan fingerprint density at radius 1 is 1.33 bits per heavy atom. The minimum atomic E-state index is -3.57. The molecule has 0 amide bonds.